The molecule has 2 nitrogen and oxygen atoms in total. The molecular formula is C11H14BrNO. The van der Waals surface area contributed by atoms with Gasteiger partial charge in [0.15, 0.2) is 0 Å². The van der Waals surface area contributed by atoms with Gasteiger partial charge in [0.2, 0.25) is 0 Å². The van der Waals surface area contributed by atoms with E-state index in [9.17, 15) is 0 Å². The van der Waals surface area contributed by atoms with Gasteiger partial charge in [0.1, 0.15) is 11.4 Å². The molecule has 1 heterocycles. The van der Waals surface area contributed by atoms with Gasteiger partial charge in [-0.15, -0.1) is 0 Å². The topological polar surface area (TPSA) is 21.3 Å². The van der Waals surface area contributed by atoms with E-state index in [0.717, 1.165) is 23.2 Å². The van der Waals surface area contributed by atoms with Gasteiger partial charge in [0.05, 0.1) is 0 Å². The van der Waals surface area contributed by atoms with E-state index < -0.39 is 0 Å². The van der Waals surface area contributed by atoms with Crippen molar-refractivity contribution in [3.63, 3.8) is 0 Å². The maximum absolute atomic E-state index is 5.92. The van der Waals surface area contributed by atoms with Crippen LogP contribution in [0.15, 0.2) is 22.7 Å². The highest BCUT2D eigenvalue weighted by atomic mass is 79.9. The van der Waals surface area contributed by atoms with Crippen LogP contribution in [0.1, 0.15) is 12.5 Å². The van der Waals surface area contributed by atoms with Gasteiger partial charge < -0.3 is 10.1 Å². The number of fused-ring (bicyclic) bond motifs is 1. The van der Waals surface area contributed by atoms with Crippen LogP contribution in [0.4, 0.5) is 0 Å². The highest BCUT2D eigenvalue weighted by molar-refractivity contribution is 9.10. The summed E-state index contributed by atoms with van der Waals surface area (Å²) in [7, 11) is 1.95. The van der Waals surface area contributed by atoms with E-state index in [2.05, 4.69) is 40.3 Å². The SMILES string of the molecule is CNCC1(C)Cc2ccc(Br)cc2O1. The number of likely N-dealkylation sites (N-methyl/N-ethyl adjacent to an activating group) is 1. The lowest BCUT2D eigenvalue weighted by molar-refractivity contribution is 0.117. The molecule has 1 atom stereocenters. The lowest BCUT2D eigenvalue weighted by Crippen LogP contribution is -2.40. The zero-order valence-electron chi connectivity index (χ0n) is 8.43. The molecule has 3 heteroatoms. The molecule has 1 aromatic rings. The van der Waals surface area contributed by atoms with Gasteiger partial charge >= 0.3 is 0 Å². The second-order valence-electron chi connectivity index (χ2n) is 4.01. The third-order valence-electron chi connectivity index (χ3n) is 2.50. The van der Waals surface area contributed by atoms with Crippen LogP contribution >= 0.6 is 15.9 Å². The zero-order chi connectivity index (χ0) is 10.2. The Bertz CT molecular complexity index is 353. The van der Waals surface area contributed by atoms with Gasteiger partial charge in [-0.3, -0.25) is 0 Å². The van der Waals surface area contributed by atoms with Gasteiger partial charge in [0.25, 0.3) is 0 Å². The minimum Gasteiger partial charge on any atom is -0.486 e. The Hall–Kier alpha value is -0.540. The molecule has 1 N–H and O–H groups in total. The summed E-state index contributed by atoms with van der Waals surface area (Å²) < 4.78 is 7.00. The number of hydrogen-bond donors (Lipinski definition) is 1. The summed E-state index contributed by atoms with van der Waals surface area (Å²) in [4.78, 5) is 0. The second kappa shape index (κ2) is 3.55. The van der Waals surface area contributed by atoms with E-state index in [1.54, 1.807) is 0 Å². The number of hydrogen-bond acceptors (Lipinski definition) is 2. The molecule has 0 aromatic heterocycles. The number of rotatable bonds is 2. The second-order valence-corrected chi connectivity index (χ2v) is 4.93. The van der Waals surface area contributed by atoms with E-state index in [1.165, 1.54) is 5.56 Å². The molecule has 14 heavy (non-hydrogen) atoms. The van der Waals surface area contributed by atoms with E-state index in [1.807, 2.05) is 13.1 Å². The molecule has 1 aliphatic heterocycles. The quantitative estimate of drug-likeness (QED) is 0.877. The highest BCUT2D eigenvalue weighted by Crippen LogP contribution is 2.36. The van der Waals surface area contributed by atoms with Gasteiger partial charge in [0, 0.05) is 17.4 Å². The summed E-state index contributed by atoms with van der Waals surface area (Å²) in [6, 6.07) is 6.23. The molecule has 0 spiro atoms. The Labute approximate surface area is 92.8 Å². The molecule has 0 bridgehead atoms. The summed E-state index contributed by atoms with van der Waals surface area (Å²) in [6.07, 6.45) is 0.983. The minimum absolute atomic E-state index is 0.0854. The molecule has 0 radical (unpaired) electrons. The normalized spacial score (nSPS) is 24.5. The Kier molecular flexibility index (Phi) is 2.54. The third-order valence-corrected chi connectivity index (χ3v) is 2.99. The minimum atomic E-state index is -0.0854. The van der Waals surface area contributed by atoms with Crippen molar-refractivity contribution in [1.29, 1.82) is 0 Å². The first kappa shape index (κ1) is 9.99. The first-order valence-electron chi connectivity index (χ1n) is 4.75. The fourth-order valence-electron chi connectivity index (χ4n) is 1.95. The van der Waals surface area contributed by atoms with Crippen LogP contribution in [0.3, 0.4) is 0 Å². The van der Waals surface area contributed by atoms with Crippen molar-refractivity contribution < 1.29 is 4.74 Å². The maximum atomic E-state index is 5.92. The summed E-state index contributed by atoms with van der Waals surface area (Å²) >= 11 is 3.45. The van der Waals surface area contributed by atoms with Crippen molar-refractivity contribution in [1.82, 2.24) is 5.32 Å². The first-order valence-corrected chi connectivity index (χ1v) is 5.54. The lowest BCUT2D eigenvalue weighted by atomic mass is 9.99. The Morgan fingerprint density at radius 2 is 2.36 bits per heavy atom. The van der Waals surface area contributed by atoms with E-state index in [0.29, 0.717) is 0 Å². The molecular weight excluding hydrogens is 242 g/mol. The van der Waals surface area contributed by atoms with Crippen LogP contribution in [0.5, 0.6) is 5.75 Å². The largest absolute Gasteiger partial charge is 0.486 e. The summed E-state index contributed by atoms with van der Waals surface area (Å²) in [5, 5.41) is 3.16. The van der Waals surface area contributed by atoms with Crippen LogP contribution < -0.4 is 10.1 Å². The van der Waals surface area contributed by atoms with Crippen molar-refractivity contribution in [3.8, 4) is 5.75 Å². The van der Waals surface area contributed by atoms with E-state index in [4.69, 9.17) is 4.74 Å². The van der Waals surface area contributed by atoms with Crippen molar-refractivity contribution >= 4 is 15.9 Å². The van der Waals surface area contributed by atoms with Crippen molar-refractivity contribution in [3.05, 3.63) is 28.2 Å². The van der Waals surface area contributed by atoms with Crippen LogP contribution in [-0.2, 0) is 6.42 Å². The van der Waals surface area contributed by atoms with Gasteiger partial charge in [-0.25, -0.2) is 0 Å². The number of ether oxygens (including phenoxy) is 1. The van der Waals surface area contributed by atoms with E-state index in [-0.39, 0.29) is 5.60 Å². The highest BCUT2D eigenvalue weighted by Gasteiger charge is 2.33. The fourth-order valence-corrected chi connectivity index (χ4v) is 2.29. The molecule has 1 aliphatic rings. The van der Waals surface area contributed by atoms with Crippen LogP contribution in [0, 0.1) is 0 Å². The molecule has 0 saturated carbocycles. The average molecular weight is 256 g/mol. The Balaban J connectivity index is 2.25. The predicted octanol–water partition coefficient (Wildman–Crippen LogP) is 2.36. The maximum Gasteiger partial charge on any atom is 0.124 e. The molecule has 1 unspecified atom stereocenters. The summed E-state index contributed by atoms with van der Waals surface area (Å²) in [6.45, 7) is 3.01. The Morgan fingerprint density at radius 1 is 1.57 bits per heavy atom. The molecule has 1 aromatic carbocycles. The van der Waals surface area contributed by atoms with Gasteiger partial charge in [-0.05, 0) is 31.7 Å². The smallest absolute Gasteiger partial charge is 0.124 e. The van der Waals surface area contributed by atoms with Crippen molar-refractivity contribution in [2.24, 2.45) is 0 Å². The van der Waals surface area contributed by atoms with Crippen LogP contribution in [0.2, 0.25) is 0 Å². The fraction of sp³-hybridized carbons (Fsp3) is 0.455. The van der Waals surface area contributed by atoms with Crippen LogP contribution in [0.25, 0.3) is 0 Å². The van der Waals surface area contributed by atoms with Crippen LogP contribution in [-0.4, -0.2) is 19.2 Å². The third kappa shape index (κ3) is 1.79. The number of halogens is 1. The lowest BCUT2D eigenvalue weighted by Gasteiger charge is -2.23. The standard InChI is InChI=1S/C11H14BrNO/c1-11(7-13-2)6-8-3-4-9(12)5-10(8)14-11/h3-5,13H,6-7H2,1-2H3. The first-order chi connectivity index (χ1) is 6.63. The average Bonchev–Trinajstić information content (AvgIpc) is 2.40. The summed E-state index contributed by atoms with van der Waals surface area (Å²) in [5.41, 5.74) is 1.21. The predicted molar refractivity (Wildman–Crippen MR) is 60.8 cm³/mol. The molecule has 76 valence electrons. The Morgan fingerprint density at radius 3 is 3.07 bits per heavy atom. The molecule has 0 fully saturated rings. The van der Waals surface area contributed by atoms with Gasteiger partial charge in [-0.2, -0.15) is 0 Å². The molecule has 2 rings (SSSR count). The molecule has 0 aliphatic carbocycles. The number of benzene rings is 1. The van der Waals surface area contributed by atoms with Crippen molar-refractivity contribution in [2.45, 2.75) is 18.9 Å². The number of nitrogens with one attached hydrogen (secondary N) is 1. The van der Waals surface area contributed by atoms with Crippen molar-refractivity contribution in [2.75, 3.05) is 13.6 Å². The zero-order valence-corrected chi connectivity index (χ0v) is 10.0. The molecule has 0 saturated heterocycles. The summed E-state index contributed by atoms with van der Waals surface area (Å²) in [5.74, 6) is 1.01. The van der Waals surface area contributed by atoms with E-state index >= 15 is 0 Å². The van der Waals surface area contributed by atoms with Gasteiger partial charge in [-0.1, -0.05) is 22.0 Å². The monoisotopic (exact) mass is 255 g/mol. The molecule has 0 amide bonds.